The molecule has 0 spiro atoms. The summed E-state index contributed by atoms with van der Waals surface area (Å²) in [6.07, 6.45) is 0. The fourth-order valence-electron chi connectivity index (χ4n) is 3.41. The van der Waals surface area contributed by atoms with Gasteiger partial charge in [0.15, 0.2) is 0 Å². The van der Waals surface area contributed by atoms with Gasteiger partial charge in [-0.25, -0.2) is 13.2 Å². The Labute approximate surface area is 186 Å². The van der Waals surface area contributed by atoms with E-state index >= 15 is 0 Å². The van der Waals surface area contributed by atoms with Gasteiger partial charge in [-0.3, -0.25) is 4.72 Å². The molecule has 5 nitrogen and oxygen atoms in total. The van der Waals surface area contributed by atoms with E-state index in [0.29, 0.717) is 22.4 Å². The maximum Gasteiger partial charge on any atom is 0.335 e. The number of aromatic carboxylic acids is 1. The largest absolute Gasteiger partial charge is 0.478 e. The molecule has 4 rings (SSSR count). The van der Waals surface area contributed by atoms with Crippen molar-refractivity contribution in [2.24, 2.45) is 0 Å². The van der Waals surface area contributed by atoms with Crippen molar-refractivity contribution in [1.29, 1.82) is 0 Å². The van der Waals surface area contributed by atoms with Crippen LogP contribution in [0.5, 0.6) is 0 Å². The van der Waals surface area contributed by atoms with Crippen LogP contribution in [-0.4, -0.2) is 19.5 Å². The van der Waals surface area contributed by atoms with Crippen molar-refractivity contribution in [1.82, 2.24) is 0 Å². The van der Waals surface area contributed by atoms with E-state index in [9.17, 15) is 13.2 Å². The van der Waals surface area contributed by atoms with Gasteiger partial charge in [-0.05, 0) is 65.7 Å². The fourth-order valence-corrected chi connectivity index (χ4v) is 4.75. The monoisotopic (exact) mass is 441 g/mol. The van der Waals surface area contributed by atoms with Gasteiger partial charge >= 0.3 is 5.97 Å². The smallest absolute Gasteiger partial charge is 0.335 e. The van der Waals surface area contributed by atoms with Crippen LogP contribution in [0.4, 0.5) is 5.69 Å². The molecule has 0 aromatic heterocycles. The predicted molar refractivity (Wildman–Crippen MR) is 125 cm³/mol. The number of anilines is 1. The molecule has 2 N–H and O–H groups in total. The van der Waals surface area contributed by atoms with Gasteiger partial charge in [-0.2, -0.15) is 0 Å². The highest BCUT2D eigenvalue weighted by molar-refractivity contribution is 7.92. The topological polar surface area (TPSA) is 83.5 Å². The molecule has 158 valence electrons. The summed E-state index contributed by atoms with van der Waals surface area (Å²) in [6.45, 7) is 1.80. The molecule has 0 bridgehead atoms. The van der Waals surface area contributed by atoms with Crippen molar-refractivity contribution < 1.29 is 18.3 Å². The number of carbonyl (C=O) groups is 1. The van der Waals surface area contributed by atoms with Crippen LogP contribution >= 0.6 is 0 Å². The van der Waals surface area contributed by atoms with E-state index in [1.165, 1.54) is 12.1 Å². The summed E-state index contributed by atoms with van der Waals surface area (Å²) in [7, 11) is -3.84. The zero-order chi connectivity index (χ0) is 22.7. The number of carboxylic acids is 1. The zero-order valence-electron chi connectivity index (χ0n) is 17.2. The molecule has 0 aliphatic heterocycles. The van der Waals surface area contributed by atoms with Crippen LogP contribution in [0.2, 0.25) is 0 Å². The highest BCUT2D eigenvalue weighted by Crippen LogP contribution is 2.27. The van der Waals surface area contributed by atoms with Gasteiger partial charge in [0.05, 0.1) is 16.1 Å². The first-order valence-corrected chi connectivity index (χ1v) is 11.3. The van der Waals surface area contributed by atoms with Crippen LogP contribution < -0.4 is 4.72 Å². The maximum atomic E-state index is 13.2. The third-order valence-corrected chi connectivity index (χ3v) is 6.59. The van der Waals surface area contributed by atoms with E-state index in [0.717, 1.165) is 10.8 Å². The second-order valence-corrected chi connectivity index (χ2v) is 8.84. The Hall–Kier alpha value is -4.08. The standard InChI is InChI=1S/C26H19NO4S/c1-18-23-8-4-2-6-20(23)16-17-25(18)32(30,31)27-24-9-5-3-7-21(24)13-10-19-11-14-22(15-12-19)26(28)29/h2-9,11-12,14-17,27H,1H3,(H,28,29). The van der Waals surface area contributed by atoms with E-state index in [1.54, 1.807) is 55.5 Å². The van der Waals surface area contributed by atoms with Crippen molar-refractivity contribution in [3.05, 3.63) is 107 Å². The molecule has 0 fully saturated rings. The maximum absolute atomic E-state index is 13.2. The molecule has 0 radical (unpaired) electrons. The van der Waals surface area contributed by atoms with E-state index in [4.69, 9.17) is 5.11 Å². The lowest BCUT2D eigenvalue weighted by Gasteiger charge is -2.13. The molecule has 0 aliphatic carbocycles. The first-order chi connectivity index (χ1) is 15.3. The molecule has 32 heavy (non-hydrogen) atoms. The molecular formula is C26H19NO4S. The SMILES string of the molecule is Cc1c(S(=O)(=O)Nc2ccccc2C#Cc2ccc(C(=O)O)cc2)ccc2ccccc12. The Morgan fingerprint density at radius 2 is 1.53 bits per heavy atom. The molecule has 0 atom stereocenters. The minimum Gasteiger partial charge on any atom is -0.478 e. The number of aryl methyl sites for hydroxylation is 1. The van der Waals surface area contributed by atoms with Gasteiger partial charge < -0.3 is 5.11 Å². The lowest BCUT2D eigenvalue weighted by Crippen LogP contribution is -2.15. The summed E-state index contributed by atoms with van der Waals surface area (Å²) < 4.78 is 29.0. The fraction of sp³-hybridized carbons (Fsp3) is 0.0385. The molecule has 0 unspecified atom stereocenters. The van der Waals surface area contributed by atoms with Gasteiger partial charge in [0.25, 0.3) is 10.0 Å². The molecule has 6 heteroatoms. The molecule has 0 aliphatic rings. The minimum atomic E-state index is -3.84. The lowest BCUT2D eigenvalue weighted by molar-refractivity contribution is 0.0697. The van der Waals surface area contributed by atoms with Crippen molar-refractivity contribution in [3.63, 3.8) is 0 Å². The van der Waals surface area contributed by atoms with Crippen molar-refractivity contribution >= 4 is 32.5 Å². The first kappa shape index (κ1) is 21.2. The molecule has 0 heterocycles. The summed E-state index contributed by atoms with van der Waals surface area (Å²) in [4.78, 5) is 11.2. The summed E-state index contributed by atoms with van der Waals surface area (Å²) in [5.74, 6) is 4.92. The van der Waals surface area contributed by atoms with Crippen LogP contribution in [0.15, 0.2) is 89.8 Å². The summed E-state index contributed by atoms with van der Waals surface area (Å²) in [5, 5.41) is 10.9. The van der Waals surface area contributed by atoms with Gasteiger partial charge in [0.1, 0.15) is 0 Å². The van der Waals surface area contributed by atoms with E-state index in [-0.39, 0.29) is 10.5 Å². The van der Waals surface area contributed by atoms with Gasteiger partial charge in [-0.15, -0.1) is 0 Å². The van der Waals surface area contributed by atoms with Crippen molar-refractivity contribution in [3.8, 4) is 11.8 Å². The number of nitrogens with one attached hydrogen (secondary N) is 1. The highest BCUT2D eigenvalue weighted by Gasteiger charge is 2.19. The summed E-state index contributed by atoms with van der Waals surface area (Å²) in [5.41, 5.74) is 2.36. The predicted octanol–water partition coefficient (Wildman–Crippen LogP) is 5.05. The van der Waals surface area contributed by atoms with Crippen molar-refractivity contribution in [2.45, 2.75) is 11.8 Å². The van der Waals surface area contributed by atoms with Gasteiger partial charge in [0.2, 0.25) is 0 Å². The second kappa shape index (κ2) is 8.58. The first-order valence-electron chi connectivity index (χ1n) is 9.81. The third kappa shape index (κ3) is 4.34. The van der Waals surface area contributed by atoms with Crippen LogP contribution in [-0.2, 0) is 10.0 Å². The van der Waals surface area contributed by atoms with E-state index in [2.05, 4.69) is 16.6 Å². The van der Waals surface area contributed by atoms with Crippen LogP contribution in [0.3, 0.4) is 0 Å². The Balaban J connectivity index is 1.67. The number of sulfonamides is 1. The van der Waals surface area contributed by atoms with Crippen LogP contribution in [0, 0.1) is 18.8 Å². The summed E-state index contributed by atoms with van der Waals surface area (Å²) in [6, 6.07) is 24.1. The quantitative estimate of drug-likeness (QED) is 0.434. The Morgan fingerprint density at radius 1 is 0.844 bits per heavy atom. The molecule has 4 aromatic carbocycles. The number of rotatable bonds is 4. The number of benzene rings is 4. The molecule has 0 saturated carbocycles. The van der Waals surface area contributed by atoms with Crippen molar-refractivity contribution in [2.75, 3.05) is 4.72 Å². The third-order valence-electron chi connectivity index (χ3n) is 5.08. The average Bonchev–Trinajstić information content (AvgIpc) is 2.79. The van der Waals surface area contributed by atoms with E-state index < -0.39 is 16.0 Å². The Kier molecular flexibility index (Phi) is 5.67. The average molecular weight is 442 g/mol. The number of para-hydroxylation sites is 1. The van der Waals surface area contributed by atoms with Gasteiger partial charge in [-0.1, -0.05) is 54.3 Å². The lowest BCUT2D eigenvalue weighted by atomic mass is 10.1. The van der Waals surface area contributed by atoms with E-state index in [1.807, 2.05) is 24.3 Å². The van der Waals surface area contributed by atoms with Crippen LogP contribution in [0.25, 0.3) is 10.8 Å². The van der Waals surface area contributed by atoms with Crippen LogP contribution in [0.1, 0.15) is 27.0 Å². The Bertz CT molecular complexity index is 1490. The zero-order valence-corrected chi connectivity index (χ0v) is 18.0. The van der Waals surface area contributed by atoms with Gasteiger partial charge in [0, 0.05) is 11.1 Å². The normalized spacial score (nSPS) is 10.9. The number of hydrogen-bond donors (Lipinski definition) is 2. The molecule has 4 aromatic rings. The minimum absolute atomic E-state index is 0.175. The molecular weight excluding hydrogens is 422 g/mol. The molecule has 0 saturated heterocycles. The summed E-state index contributed by atoms with van der Waals surface area (Å²) >= 11 is 0. The number of fused-ring (bicyclic) bond motifs is 1. The second-order valence-electron chi connectivity index (χ2n) is 7.19. The number of hydrogen-bond acceptors (Lipinski definition) is 3. The molecule has 0 amide bonds. The Morgan fingerprint density at radius 3 is 2.28 bits per heavy atom. The highest BCUT2D eigenvalue weighted by atomic mass is 32.2. The number of carboxylic acid groups (broad SMARTS) is 1.